The van der Waals surface area contributed by atoms with Crippen LogP contribution in [-0.2, 0) is 11.2 Å². The van der Waals surface area contributed by atoms with Gasteiger partial charge in [-0.2, -0.15) is 5.10 Å². The van der Waals surface area contributed by atoms with Crippen LogP contribution in [0.2, 0.25) is 10.0 Å². The van der Waals surface area contributed by atoms with Crippen LogP contribution < -0.4 is 16.4 Å². The third-order valence-electron chi connectivity index (χ3n) is 4.40. The molecule has 0 aliphatic rings. The minimum absolute atomic E-state index is 0.136. The van der Waals surface area contributed by atoms with Gasteiger partial charge in [0.2, 0.25) is 5.91 Å². The lowest BCUT2D eigenvalue weighted by atomic mass is 10.1. The molecule has 4 rings (SSSR count). The van der Waals surface area contributed by atoms with Crippen molar-refractivity contribution in [3.63, 3.8) is 0 Å². The molecule has 4 N–H and O–H groups in total. The zero-order chi connectivity index (χ0) is 22.7. The summed E-state index contributed by atoms with van der Waals surface area (Å²) >= 11 is 13.6. The monoisotopic (exact) mass is 486 g/mol. The Morgan fingerprint density at radius 3 is 2.53 bits per heavy atom. The number of hydrogen-bond donors (Lipinski definition) is 3. The van der Waals surface area contributed by atoms with E-state index < -0.39 is 11.9 Å². The van der Waals surface area contributed by atoms with Gasteiger partial charge in [-0.25, -0.2) is 14.5 Å². The molecule has 0 atom stereocenters. The molecule has 0 radical (unpaired) electrons. The summed E-state index contributed by atoms with van der Waals surface area (Å²) in [7, 11) is 0. The van der Waals surface area contributed by atoms with E-state index in [-0.39, 0.29) is 11.4 Å². The molecular weight excluding hydrogens is 471 g/mol. The molecule has 0 aliphatic heterocycles. The molecule has 11 heteroatoms. The van der Waals surface area contributed by atoms with Gasteiger partial charge in [0.25, 0.3) is 0 Å². The minimum Gasteiger partial charge on any atom is -0.369 e. The number of hydrogen-bond acceptors (Lipinski definition) is 5. The first-order valence-corrected chi connectivity index (χ1v) is 11.0. The van der Waals surface area contributed by atoms with Gasteiger partial charge in [-0.3, -0.25) is 10.1 Å². The van der Waals surface area contributed by atoms with Crippen LogP contribution in [0.15, 0.2) is 59.4 Å². The van der Waals surface area contributed by atoms with E-state index in [9.17, 15) is 9.59 Å². The average Bonchev–Trinajstić information content (AvgIpc) is 3.42. The van der Waals surface area contributed by atoms with Gasteiger partial charge >= 0.3 is 6.03 Å². The number of rotatable bonds is 6. The Labute approximate surface area is 197 Å². The van der Waals surface area contributed by atoms with Crippen molar-refractivity contribution in [2.75, 3.05) is 10.6 Å². The van der Waals surface area contributed by atoms with Crippen LogP contribution in [0, 0.1) is 0 Å². The van der Waals surface area contributed by atoms with E-state index in [1.165, 1.54) is 11.3 Å². The number of aromatic nitrogens is 3. The van der Waals surface area contributed by atoms with E-state index in [1.54, 1.807) is 58.7 Å². The fourth-order valence-electron chi connectivity index (χ4n) is 2.96. The first-order valence-electron chi connectivity index (χ1n) is 9.29. The molecule has 2 aromatic heterocycles. The number of amides is 3. The highest BCUT2D eigenvalue weighted by molar-refractivity contribution is 7.07. The van der Waals surface area contributed by atoms with Crippen molar-refractivity contribution in [3.05, 3.63) is 75.0 Å². The minimum atomic E-state index is -0.523. The molecule has 162 valence electrons. The lowest BCUT2D eigenvalue weighted by molar-refractivity contribution is -0.117. The molecule has 0 bridgehead atoms. The molecule has 4 aromatic rings. The van der Waals surface area contributed by atoms with E-state index in [2.05, 4.69) is 20.7 Å². The van der Waals surface area contributed by atoms with Gasteiger partial charge in [0, 0.05) is 11.4 Å². The van der Waals surface area contributed by atoms with Gasteiger partial charge in [0.05, 0.1) is 33.4 Å². The van der Waals surface area contributed by atoms with Crippen LogP contribution in [0.25, 0.3) is 17.1 Å². The van der Waals surface area contributed by atoms with Crippen molar-refractivity contribution in [1.29, 1.82) is 0 Å². The number of primary amides is 1. The van der Waals surface area contributed by atoms with Crippen LogP contribution in [0.1, 0.15) is 5.56 Å². The fraction of sp³-hybridized carbons (Fsp3) is 0.0476. The van der Waals surface area contributed by atoms with Gasteiger partial charge in [0.1, 0.15) is 17.2 Å². The van der Waals surface area contributed by atoms with Gasteiger partial charge in [-0.05, 0) is 29.8 Å². The fourth-order valence-corrected chi connectivity index (χ4v) is 3.85. The third kappa shape index (κ3) is 4.91. The summed E-state index contributed by atoms with van der Waals surface area (Å²) in [6.45, 7) is 0. The molecule has 0 unspecified atom stereocenters. The first-order chi connectivity index (χ1) is 15.4. The lowest BCUT2D eigenvalue weighted by Gasteiger charge is -2.11. The highest BCUT2D eigenvalue weighted by atomic mass is 35.5. The number of nitrogens with two attached hydrogens (primary N) is 1. The smallest absolute Gasteiger partial charge is 0.324 e. The summed E-state index contributed by atoms with van der Waals surface area (Å²) < 4.78 is 1.57. The summed E-state index contributed by atoms with van der Waals surface area (Å²) in [5, 5.41) is 12.5. The molecule has 0 aliphatic carbocycles. The normalized spacial score (nSPS) is 10.7. The van der Waals surface area contributed by atoms with Gasteiger partial charge in [-0.15, -0.1) is 11.3 Å². The highest BCUT2D eigenvalue weighted by Crippen LogP contribution is 2.30. The van der Waals surface area contributed by atoms with Gasteiger partial charge < -0.3 is 11.1 Å². The van der Waals surface area contributed by atoms with E-state index in [0.717, 1.165) is 5.56 Å². The first kappa shape index (κ1) is 21.8. The molecule has 0 fully saturated rings. The maximum absolute atomic E-state index is 12.7. The molecule has 3 amide bonds. The summed E-state index contributed by atoms with van der Waals surface area (Å²) in [4.78, 5) is 28.1. The summed E-state index contributed by atoms with van der Waals surface area (Å²) in [5.74, 6) is -0.00679. The van der Waals surface area contributed by atoms with Crippen molar-refractivity contribution in [2.24, 2.45) is 5.73 Å². The molecule has 0 saturated carbocycles. The molecule has 2 heterocycles. The number of thiazole rings is 1. The van der Waals surface area contributed by atoms with E-state index in [4.69, 9.17) is 28.9 Å². The maximum atomic E-state index is 12.7. The Kier molecular flexibility index (Phi) is 6.40. The Morgan fingerprint density at radius 2 is 1.84 bits per heavy atom. The molecular formula is C21H16Cl2N6O2S. The number of anilines is 2. The Bertz CT molecular complexity index is 1270. The van der Waals surface area contributed by atoms with Crippen molar-refractivity contribution >= 4 is 58.0 Å². The molecule has 32 heavy (non-hydrogen) atoms. The maximum Gasteiger partial charge on any atom is 0.324 e. The van der Waals surface area contributed by atoms with Crippen LogP contribution in [0.3, 0.4) is 0 Å². The summed E-state index contributed by atoms with van der Waals surface area (Å²) in [5.41, 5.74) is 10.1. The Hall–Kier alpha value is -3.40. The zero-order valence-electron chi connectivity index (χ0n) is 16.4. The number of carbonyl (C=O) groups is 2. The second kappa shape index (κ2) is 9.39. The predicted molar refractivity (Wildman–Crippen MR) is 127 cm³/mol. The van der Waals surface area contributed by atoms with Gasteiger partial charge in [0.15, 0.2) is 0 Å². The van der Waals surface area contributed by atoms with Gasteiger partial charge in [-0.1, -0.05) is 41.4 Å². The average molecular weight is 487 g/mol. The number of carbonyl (C=O) groups excluding carboxylic acids is 2. The van der Waals surface area contributed by atoms with Crippen molar-refractivity contribution in [1.82, 2.24) is 14.8 Å². The molecule has 2 aromatic carbocycles. The van der Waals surface area contributed by atoms with Crippen molar-refractivity contribution in [3.8, 4) is 17.1 Å². The third-order valence-corrected chi connectivity index (χ3v) is 5.81. The number of benzene rings is 2. The van der Waals surface area contributed by atoms with E-state index in [1.807, 2.05) is 5.38 Å². The Morgan fingerprint density at radius 1 is 1.06 bits per heavy atom. The number of urea groups is 1. The highest BCUT2D eigenvalue weighted by Gasteiger charge is 2.16. The number of nitrogens with zero attached hydrogens (tertiary/aromatic N) is 3. The van der Waals surface area contributed by atoms with E-state index in [0.29, 0.717) is 33.6 Å². The predicted octanol–water partition coefficient (Wildman–Crippen LogP) is 4.97. The van der Waals surface area contributed by atoms with Crippen molar-refractivity contribution < 1.29 is 9.59 Å². The lowest BCUT2D eigenvalue weighted by Crippen LogP contribution is -2.21. The zero-order valence-corrected chi connectivity index (χ0v) is 18.7. The summed E-state index contributed by atoms with van der Waals surface area (Å²) in [6.07, 6.45) is 0.136. The quantitative estimate of drug-likeness (QED) is 0.356. The Balaban J connectivity index is 1.63. The second-order valence-corrected chi connectivity index (χ2v) is 8.19. The molecule has 0 saturated heterocycles. The standard InChI is InChI=1S/C21H16Cl2N6O2S/c22-14-2-1-3-15(20(14)23)26-21(31)27-19-9-16(17-10-32-11-25-17)28-29(19)13-6-4-12(5-7-13)8-18(24)30/h1-7,9-11H,8H2,(H2,24,30)(H2,26,27,31). The topological polar surface area (TPSA) is 115 Å². The second-order valence-electron chi connectivity index (χ2n) is 6.69. The molecule has 0 spiro atoms. The van der Waals surface area contributed by atoms with Crippen LogP contribution in [0.4, 0.5) is 16.3 Å². The van der Waals surface area contributed by atoms with Crippen molar-refractivity contribution in [2.45, 2.75) is 6.42 Å². The molecule has 8 nitrogen and oxygen atoms in total. The number of nitrogens with one attached hydrogen (secondary N) is 2. The van der Waals surface area contributed by atoms with Crippen LogP contribution in [0.5, 0.6) is 0 Å². The van der Waals surface area contributed by atoms with E-state index >= 15 is 0 Å². The van der Waals surface area contributed by atoms with Crippen LogP contribution in [-0.4, -0.2) is 26.7 Å². The summed E-state index contributed by atoms with van der Waals surface area (Å²) in [6, 6.07) is 13.3. The number of halogens is 2. The SMILES string of the molecule is NC(=O)Cc1ccc(-n2nc(-c3cscn3)cc2NC(=O)Nc2cccc(Cl)c2Cl)cc1. The van der Waals surface area contributed by atoms with Crippen LogP contribution >= 0.6 is 34.5 Å². The largest absolute Gasteiger partial charge is 0.369 e.